The van der Waals surface area contributed by atoms with Gasteiger partial charge in [-0.15, -0.1) is 0 Å². The van der Waals surface area contributed by atoms with Crippen molar-refractivity contribution in [1.29, 1.82) is 0 Å². The van der Waals surface area contributed by atoms with Gasteiger partial charge in [0.15, 0.2) is 0 Å². The number of aliphatic hydroxyl groups excluding tert-OH is 1. The maximum Gasteiger partial charge on any atom is 0.318 e. The molecule has 10 nitrogen and oxygen atoms in total. The van der Waals surface area contributed by atoms with Crippen LogP contribution in [-0.4, -0.2) is 102 Å². The van der Waals surface area contributed by atoms with Crippen molar-refractivity contribution in [3.8, 4) is 6.01 Å². The van der Waals surface area contributed by atoms with Crippen LogP contribution in [0.4, 0.5) is 11.5 Å². The molecule has 0 unspecified atom stereocenters. The van der Waals surface area contributed by atoms with E-state index in [0.717, 1.165) is 43.0 Å². The zero-order chi connectivity index (χ0) is 30.6. The lowest BCUT2D eigenvalue weighted by molar-refractivity contribution is -0.128. The molecule has 2 fully saturated rings. The Morgan fingerprint density at radius 3 is 2.73 bits per heavy atom. The van der Waals surface area contributed by atoms with Gasteiger partial charge in [0.25, 0.3) is 0 Å². The summed E-state index contributed by atoms with van der Waals surface area (Å²) in [4.78, 5) is 35.2. The summed E-state index contributed by atoms with van der Waals surface area (Å²) in [6.45, 7) is 14.4. The van der Waals surface area contributed by atoms with Crippen LogP contribution in [0.1, 0.15) is 29.7 Å². The van der Waals surface area contributed by atoms with Crippen LogP contribution < -0.4 is 14.5 Å². The number of carbonyl (C=O) groups excluding carboxylic acids is 1. The first-order valence-corrected chi connectivity index (χ1v) is 15.6. The third kappa shape index (κ3) is 6.07. The number of piperazine rings is 1. The van der Waals surface area contributed by atoms with E-state index in [-0.39, 0.29) is 25.1 Å². The molecule has 3 aliphatic heterocycles. The first-order chi connectivity index (χ1) is 21.5. The number of anilines is 2. The molecule has 44 heavy (non-hydrogen) atoms. The van der Waals surface area contributed by atoms with Crippen molar-refractivity contribution in [3.63, 3.8) is 0 Å². The summed E-state index contributed by atoms with van der Waals surface area (Å²) in [5.41, 5.74) is 4.54. The van der Waals surface area contributed by atoms with Crippen molar-refractivity contribution in [2.45, 2.75) is 44.8 Å². The lowest BCUT2D eigenvalue weighted by Gasteiger charge is -2.41. The van der Waals surface area contributed by atoms with E-state index in [1.54, 1.807) is 4.90 Å². The van der Waals surface area contributed by atoms with E-state index in [9.17, 15) is 4.79 Å². The Morgan fingerprint density at radius 2 is 1.95 bits per heavy atom. The molecule has 230 valence electrons. The smallest absolute Gasteiger partial charge is 0.318 e. The van der Waals surface area contributed by atoms with E-state index in [2.05, 4.69) is 69.9 Å². The van der Waals surface area contributed by atoms with E-state index in [1.807, 2.05) is 0 Å². The normalized spacial score (nSPS) is 20.7. The Balaban J connectivity index is 1.32. The van der Waals surface area contributed by atoms with Crippen LogP contribution in [0.3, 0.4) is 0 Å². The minimum absolute atomic E-state index is 0.178. The highest BCUT2D eigenvalue weighted by Crippen LogP contribution is 2.36. The third-order valence-corrected chi connectivity index (χ3v) is 9.26. The Bertz CT molecular complexity index is 1580. The predicted octanol–water partition coefficient (Wildman–Crippen LogP) is 3.46. The Labute approximate surface area is 259 Å². The van der Waals surface area contributed by atoms with E-state index < -0.39 is 0 Å². The Morgan fingerprint density at radius 1 is 1.11 bits per heavy atom. The number of rotatable bonds is 8. The van der Waals surface area contributed by atoms with Crippen LogP contribution in [0.5, 0.6) is 6.01 Å². The summed E-state index contributed by atoms with van der Waals surface area (Å²) < 4.78 is 6.31. The molecule has 6 rings (SSSR count). The summed E-state index contributed by atoms with van der Waals surface area (Å²) in [6.07, 6.45) is 5.89. The second-order valence-electron chi connectivity index (χ2n) is 12.0. The fourth-order valence-corrected chi connectivity index (χ4v) is 6.90. The Hall–Kier alpha value is -4.20. The number of fused-ring (bicyclic) bond motifs is 2. The number of likely N-dealkylation sites (tertiary alicyclic amines) is 1. The molecule has 2 atom stereocenters. The zero-order valence-electron chi connectivity index (χ0n) is 25.7. The highest BCUT2D eigenvalue weighted by molar-refractivity contribution is 5.97. The Kier molecular flexibility index (Phi) is 8.96. The topological polar surface area (TPSA) is 89.6 Å². The third-order valence-electron chi connectivity index (χ3n) is 9.26. The number of aryl methyl sites for hydroxylation is 1. The largest absolute Gasteiger partial charge is 0.462 e. The summed E-state index contributed by atoms with van der Waals surface area (Å²) >= 11 is 0. The van der Waals surface area contributed by atoms with Gasteiger partial charge in [0.05, 0.1) is 18.8 Å². The average molecular weight is 596 g/mol. The van der Waals surface area contributed by atoms with Crippen molar-refractivity contribution in [2.75, 3.05) is 69.3 Å². The van der Waals surface area contributed by atoms with Crippen LogP contribution in [0, 0.1) is 13.5 Å². The second-order valence-corrected chi connectivity index (χ2v) is 12.0. The summed E-state index contributed by atoms with van der Waals surface area (Å²) in [5.74, 6) is 0.675. The van der Waals surface area contributed by atoms with Gasteiger partial charge in [-0.05, 0) is 56.8 Å². The van der Waals surface area contributed by atoms with Crippen molar-refractivity contribution in [3.05, 3.63) is 76.8 Å². The highest BCUT2D eigenvalue weighted by atomic mass is 16.5. The monoisotopic (exact) mass is 595 g/mol. The first kappa shape index (κ1) is 29.9. The minimum atomic E-state index is -0.280. The molecule has 2 aromatic carbocycles. The molecule has 10 heteroatoms. The van der Waals surface area contributed by atoms with Crippen LogP contribution in [0.25, 0.3) is 15.6 Å². The standard InChI is InChI=1S/C34H41N7O3/c1-24-8-4-9-25-10-5-12-30(32(24)25)39-16-14-28-29(22-39)36-34(44-23-26-11-6-15-38(26)3)37-33(28)40-17-18-41(27(21-40)20-35-2)31(43)13-7-19-42/h4-5,7-10,12-13,26-27,42H,6,11,14-23H2,1,3H3/b13-7+/t26-,27+/m1/s1. The summed E-state index contributed by atoms with van der Waals surface area (Å²) in [6, 6.07) is 13.4. The summed E-state index contributed by atoms with van der Waals surface area (Å²) in [7, 11) is 2.14. The number of aromatic nitrogens is 2. The van der Waals surface area contributed by atoms with Gasteiger partial charge in [-0.2, -0.15) is 9.97 Å². The maximum absolute atomic E-state index is 12.8. The van der Waals surface area contributed by atoms with E-state index in [4.69, 9.17) is 26.4 Å². The van der Waals surface area contributed by atoms with Gasteiger partial charge < -0.3 is 34.3 Å². The number of hydrogen-bond donors (Lipinski definition) is 1. The maximum atomic E-state index is 12.8. The molecular formula is C34H41N7O3. The number of benzene rings is 2. The van der Waals surface area contributed by atoms with Gasteiger partial charge in [0, 0.05) is 54.9 Å². The van der Waals surface area contributed by atoms with E-state index in [1.165, 1.54) is 40.6 Å². The lowest BCUT2D eigenvalue weighted by atomic mass is 9.99. The molecular weight excluding hydrogens is 554 g/mol. The minimum Gasteiger partial charge on any atom is -0.462 e. The van der Waals surface area contributed by atoms with E-state index >= 15 is 0 Å². The first-order valence-electron chi connectivity index (χ1n) is 15.6. The molecule has 0 bridgehead atoms. The number of ether oxygens (including phenoxy) is 1. The molecule has 0 saturated carbocycles. The number of aliphatic hydroxyl groups is 1. The van der Waals surface area contributed by atoms with E-state index in [0.29, 0.717) is 44.8 Å². The predicted molar refractivity (Wildman–Crippen MR) is 172 cm³/mol. The van der Waals surface area contributed by atoms with Gasteiger partial charge in [-0.1, -0.05) is 36.4 Å². The zero-order valence-corrected chi connectivity index (χ0v) is 25.7. The number of amides is 1. The van der Waals surface area contributed by atoms with Crippen LogP contribution in [0.15, 0.2) is 48.6 Å². The van der Waals surface area contributed by atoms with Crippen molar-refractivity contribution >= 4 is 28.2 Å². The number of hydrogen-bond acceptors (Lipinski definition) is 8. The molecule has 0 spiro atoms. The molecule has 0 radical (unpaired) electrons. The fraction of sp³-hybridized carbons (Fsp3) is 0.471. The van der Waals surface area contributed by atoms with Crippen LogP contribution in [-0.2, 0) is 17.8 Å². The lowest BCUT2D eigenvalue weighted by Crippen LogP contribution is -2.56. The molecule has 0 aliphatic carbocycles. The number of nitrogens with zero attached hydrogens (tertiary/aromatic N) is 7. The fourth-order valence-electron chi connectivity index (χ4n) is 6.90. The molecule has 3 aromatic rings. The SMILES string of the molecule is [C-]#[N+]C[C@H]1CN(c2nc(OC[C@H]3CCCN3C)nc3c2CCN(c2cccc4cccc(C)c24)C3)CCN1C(=O)/C=C/CO. The quantitative estimate of drug-likeness (QED) is 0.313. The number of carbonyl (C=O) groups is 1. The second kappa shape index (κ2) is 13.2. The number of likely N-dealkylation sites (N-methyl/N-ethyl adjacent to an activating group) is 1. The van der Waals surface area contributed by atoms with Gasteiger partial charge in [-0.25, -0.2) is 6.57 Å². The summed E-state index contributed by atoms with van der Waals surface area (Å²) in [5, 5.41) is 11.7. The van der Waals surface area contributed by atoms with Crippen molar-refractivity contribution in [1.82, 2.24) is 19.8 Å². The van der Waals surface area contributed by atoms with Gasteiger partial charge >= 0.3 is 6.01 Å². The molecule has 2 saturated heterocycles. The molecule has 1 N–H and O–H groups in total. The van der Waals surface area contributed by atoms with Gasteiger partial charge in [0.2, 0.25) is 12.5 Å². The van der Waals surface area contributed by atoms with Crippen molar-refractivity contribution < 1.29 is 14.6 Å². The average Bonchev–Trinajstić information content (AvgIpc) is 3.46. The van der Waals surface area contributed by atoms with Crippen LogP contribution >= 0.6 is 0 Å². The molecule has 1 amide bonds. The molecule has 1 aromatic heterocycles. The van der Waals surface area contributed by atoms with Gasteiger partial charge in [0.1, 0.15) is 18.5 Å². The molecule has 4 heterocycles. The van der Waals surface area contributed by atoms with Gasteiger partial charge in [-0.3, -0.25) is 4.79 Å². The van der Waals surface area contributed by atoms with Crippen molar-refractivity contribution in [2.24, 2.45) is 0 Å². The highest BCUT2D eigenvalue weighted by Gasteiger charge is 2.35. The molecule has 3 aliphatic rings. The van der Waals surface area contributed by atoms with Crippen LogP contribution in [0.2, 0.25) is 0 Å².